The van der Waals surface area contributed by atoms with Crippen LogP contribution >= 0.6 is 0 Å². The highest BCUT2D eigenvalue weighted by molar-refractivity contribution is 6.18. The smallest absolute Gasteiger partial charge is 0.348 e. The van der Waals surface area contributed by atoms with Gasteiger partial charge in [-0.15, -0.1) is 0 Å². The van der Waals surface area contributed by atoms with Gasteiger partial charge in [-0.3, -0.25) is 4.79 Å². The summed E-state index contributed by atoms with van der Waals surface area (Å²) in [6, 6.07) is 4.81. The molecule has 0 spiro atoms. The number of methoxy groups -OCH3 is 1. The van der Waals surface area contributed by atoms with Crippen LogP contribution in [0.3, 0.4) is 0 Å². The highest BCUT2D eigenvalue weighted by Crippen LogP contribution is 2.30. The van der Waals surface area contributed by atoms with Gasteiger partial charge in [0.2, 0.25) is 0 Å². The predicted molar refractivity (Wildman–Crippen MR) is 100 cm³/mol. The number of ether oxygens (including phenoxy) is 5. The Morgan fingerprint density at radius 2 is 1.79 bits per heavy atom. The van der Waals surface area contributed by atoms with E-state index in [9.17, 15) is 14.4 Å². The van der Waals surface area contributed by atoms with Gasteiger partial charge in [0.25, 0.3) is 11.7 Å². The highest BCUT2D eigenvalue weighted by atomic mass is 16.7. The maximum absolute atomic E-state index is 12.2. The number of hydrogen-bond acceptors (Lipinski definition) is 8. The van der Waals surface area contributed by atoms with Crippen molar-refractivity contribution in [3.63, 3.8) is 0 Å². The maximum atomic E-state index is 12.2. The first-order chi connectivity index (χ1) is 13.8. The Kier molecular flexibility index (Phi) is 6.07. The van der Waals surface area contributed by atoms with Gasteiger partial charge in [0.1, 0.15) is 5.57 Å². The van der Waals surface area contributed by atoms with Crippen molar-refractivity contribution in [1.82, 2.24) is 4.90 Å². The summed E-state index contributed by atoms with van der Waals surface area (Å²) in [5, 5.41) is 0. The van der Waals surface area contributed by atoms with E-state index in [0.717, 1.165) is 0 Å². The molecule has 0 aliphatic carbocycles. The van der Waals surface area contributed by atoms with Gasteiger partial charge in [-0.1, -0.05) is 6.07 Å². The van der Waals surface area contributed by atoms with Crippen molar-refractivity contribution in [1.29, 1.82) is 0 Å². The number of amides is 1. The molecule has 2 saturated heterocycles. The first kappa shape index (κ1) is 20.7. The molecule has 2 heterocycles. The minimum atomic E-state index is -1.30. The number of carbonyl (C=O) groups is 3. The molecule has 0 atom stereocenters. The van der Waals surface area contributed by atoms with E-state index in [1.54, 1.807) is 23.1 Å². The number of hydrogen-bond donors (Lipinski definition) is 0. The lowest BCUT2D eigenvalue weighted by Crippen LogP contribution is -2.43. The topological polar surface area (TPSA) is 101 Å². The van der Waals surface area contributed by atoms with Gasteiger partial charge in [-0.05, 0) is 23.8 Å². The first-order valence-corrected chi connectivity index (χ1v) is 9.14. The number of nitrogens with zero attached hydrogens (tertiary/aromatic N) is 1. The van der Waals surface area contributed by atoms with E-state index in [0.29, 0.717) is 43.4 Å². The predicted octanol–water partition coefficient (Wildman–Crippen LogP) is 1.15. The van der Waals surface area contributed by atoms with Crippen LogP contribution in [0.4, 0.5) is 0 Å². The molecule has 9 heteroatoms. The average Bonchev–Trinajstić information content (AvgIpc) is 2.69. The summed E-state index contributed by atoms with van der Waals surface area (Å²) in [4.78, 5) is 38.0. The number of rotatable bonds is 5. The summed E-state index contributed by atoms with van der Waals surface area (Å²) in [6.07, 6.45) is 1.35. The highest BCUT2D eigenvalue weighted by Gasteiger charge is 2.38. The molecule has 2 aliphatic rings. The third-order valence-electron chi connectivity index (χ3n) is 4.33. The monoisotopic (exact) mass is 405 g/mol. The molecule has 0 radical (unpaired) electrons. The fraction of sp³-hybridized carbons (Fsp3) is 0.450. The minimum Gasteiger partial charge on any atom is -0.493 e. The quantitative estimate of drug-likeness (QED) is 0.409. The molecule has 0 N–H and O–H groups in total. The lowest BCUT2D eigenvalue weighted by Gasteiger charge is -2.29. The number of cyclic esters (lactones) is 2. The van der Waals surface area contributed by atoms with Crippen LogP contribution in [0, 0.1) is 0 Å². The van der Waals surface area contributed by atoms with E-state index in [1.807, 2.05) is 0 Å². The Bertz CT molecular complexity index is 817. The second kappa shape index (κ2) is 8.52. The zero-order valence-electron chi connectivity index (χ0n) is 16.6. The van der Waals surface area contributed by atoms with Crippen LogP contribution in [0.25, 0.3) is 6.08 Å². The Morgan fingerprint density at radius 3 is 2.41 bits per heavy atom. The fourth-order valence-electron chi connectivity index (χ4n) is 2.88. The van der Waals surface area contributed by atoms with Crippen molar-refractivity contribution in [2.24, 2.45) is 0 Å². The fourth-order valence-corrected chi connectivity index (χ4v) is 2.88. The molecule has 29 heavy (non-hydrogen) atoms. The Labute approximate surface area is 168 Å². The molecule has 1 amide bonds. The molecule has 0 unspecified atom stereocenters. The van der Waals surface area contributed by atoms with E-state index in [4.69, 9.17) is 23.7 Å². The summed E-state index contributed by atoms with van der Waals surface area (Å²) in [5.41, 5.74) is 0.292. The molecule has 0 bridgehead atoms. The van der Waals surface area contributed by atoms with Gasteiger partial charge in [0, 0.05) is 26.9 Å². The summed E-state index contributed by atoms with van der Waals surface area (Å²) in [6.45, 7) is 4.93. The normalized spacial score (nSPS) is 18.6. The maximum Gasteiger partial charge on any atom is 0.348 e. The lowest BCUT2D eigenvalue weighted by molar-refractivity contribution is -0.222. The summed E-state index contributed by atoms with van der Waals surface area (Å²) < 4.78 is 26.3. The molecular formula is C20H23NO8. The van der Waals surface area contributed by atoms with Crippen LogP contribution in [0.5, 0.6) is 11.5 Å². The third-order valence-corrected chi connectivity index (χ3v) is 4.33. The molecule has 3 rings (SSSR count). The summed E-state index contributed by atoms with van der Waals surface area (Å²) in [7, 11) is 1.45. The Morgan fingerprint density at radius 1 is 1.14 bits per heavy atom. The molecule has 2 fully saturated rings. The molecule has 9 nitrogen and oxygen atoms in total. The van der Waals surface area contributed by atoms with E-state index in [1.165, 1.54) is 27.0 Å². The van der Waals surface area contributed by atoms with Crippen LogP contribution < -0.4 is 9.47 Å². The minimum absolute atomic E-state index is 0.134. The van der Waals surface area contributed by atoms with Crippen molar-refractivity contribution in [2.45, 2.75) is 19.6 Å². The molecule has 156 valence electrons. The molecule has 1 aromatic carbocycles. The van der Waals surface area contributed by atoms with Crippen molar-refractivity contribution < 1.29 is 38.1 Å². The molecular weight excluding hydrogens is 382 g/mol. The van der Waals surface area contributed by atoms with Crippen LogP contribution in [0.15, 0.2) is 23.8 Å². The van der Waals surface area contributed by atoms with Gasteiger partial charge in [-0.2, -0.15) is 0 Å². The Balaban J connectivity index is 1.71. The van der Waals surface area contributed by atoms with Gasteiger partial charge in [-0.25, -0.2) is 9.59 Å². The van der Waals surface area contributed by atoms with Crippen molar-refractivity contribution in [2.75, 3.05) is 40.0 Å². The van der Waals surface area contributed by atoms with Gasteiger partial charge < -0.3 is 28.6 Å². The number of morpholine rings is 1. The largest absolute Gasteiger partial charge is 0.493 e. The zero-order valence-corrected chi connectivity index (χ0v) is 16.6. The second-order valence-corrected chi connectivity index (χ2v) is 6.93. The standard InChI is InChI=1S/C20H23NO8/c1-20(2)28-18(23)14(19(24)29-20)10-13-4-5-15(16(11-13)25-3)27-12-17(22)21-6-8-26-9-7-21/h4-5,10-11H,6-9,12H2,1-3H3. The molecule has 1 aromatic rings. The Hall–Kier alpha value is -3.07. The summed E-state index contributed by atoms with van der Waals surface area (Å²) >= 11 is 0. The second-order valence-electron chi connectivity index (χ2n) is 6.93. The van der Waals surface area contributed by atoms with E-state index < -0.39 is 17.7 Å². The van der Waals surface area contributed by atoms with Gasteiger partial charge in [0.05, 0.1) is 20.3 Å². The first-order valence-electron chi connectivity index (χ1n) is 9.14. The summed E-state index contributed by atoms with van der Waals surface area (Å²) in [5.74, 6) is -2.24. The van der Waals surface area contributed by atoms with Gasteiger partial charge in [0.15, 0.2) is 18.1 Å². The number of carbonyl (C=O) groups excluding carboxylic acids is 3. The number of benzene rings is 1. The zero-order chi connectivity index (χ0) is 21.0. The lowest BCUT2D eigenvalue weighted by atomic mass is 10.1. The van der Waals surface area contributed by atoms with Crippen LogP contribution in [0.1, 0.15) is 19.4 Å². The number of esters is 2. The average molecular weight is 405 g/mol. The van der Waals surface area contributed by atoms with E-state index in [-0.39, 0.29) is 18.1 Å². The van der Waals surface area contributed by atoms with Crippen molar-refractivity contribution in [3.8, 4) is 11.5 Å². The van der Waals surface area contributed by atoms with Crippen LogP contribution in [-0.4, -0.2) is 68.6 Å². The van der Waals surface area contributed by atoms with Gasteiger partial charge >= 0.3 is 11.9 Å². The SMILES string of the molecule is COc1cc(C=C2C(=O)OC(C)(C)OC2=O)ccc1OCC(=O)N1CCOCC1. The van der Waals surface area contributed by atoms with Crippen LogP contribution in [0.2, 0.25) is 0 Å². The van der Waals surface area contributed by atoms with Crippen molar-refractivity contribution in [3.05, 3.63) is 29.3 Å². The van der Waals surface area contributed by atoms with Crippen molar-refractivity contribution >= 4 is 23.9 Å². The van der Waals surface area contributed by atoms with E-state index in [2.05, 4.69) is 0 Å². The van der Waals surface area contributed by atoms with E-state index >= 15 is 0 Å². The molecule has 0 saturated carbocycles. The molecule has 0 aromatic heterocycles. The van der Waals surface area contributed by atoms with Crippen LogP contribution in [-0.2, 0) is 28.6 Å². The molecule has 2 aliphatic heterocycles. The third kappa shape index (κ3) is 5.05.